The maximum absolute atomic E-state index is 2.30. The van der Waals surface area contributed by atoms with Crippen LogP contribution in [0, 0.1) is 0 Å². The summed E-state index contributed by atoms with van der Waals surface area (Å²) in [6.07, 6.45) is 7.14. The van der Waals surface area contributed by atoms with E-state index in [4.69, 9.17) is 0 Å². The molecule has 6 heavy (non-hydrogen) atoms. The van der Waals surface area contributed by atoms with Gasteiger partial charge in [-0.25, -0.2) is 0 Å². The van der Waals surface area contributed by atoms with Gasteiger partial charge in [-0.2, -0.15) is 0 Å². The highest BCUT2D eigenvalue weighted by atomic mass is 14.2. The number of hydrogen-bond donors (Lipinski definition) is 0. The fraction of sp³-hybridized carbons (Fsp3) is 0.333. The maximum atomic E-state index is 2.30. The third-order valence-corrected chi connectivity index (χ3v) is 1.45. The van der Waals surface area contributed by atoms with Gasteiger partial charge in [0.15, 0.2) is 0 Å². The Kier molecular flexibility index (Phi) is 0.264. The molecule has 2 bridgehead atoms. The van der Waals surface area contributed by atoms with E-state index >= 15 is 0 Å². The van der Waals surface area contributed by atoms with Crippen LogP contribution in [0.4, 0.5) is 0 Å². The lowest BCUT2D eigenvalue weighted by atomic mass is 10.0. The molecule has 0 saturated heterocycles. The van der Waals surface area contributed by atoms with Crippen molar-refractivity contribution >= 4 is 0 Å². The maximum Gasteiger partial charge on any atom is -0.00638 e. The first-order valence-electron chi connectivity index (χ1n) is 2.33. The van der Waals surface area contributed by atoms with Crippen molar-refractivity contribution in [3.8, 4) is 0 Å². The Labute approximate surface area is 37.2 Å². The van der Waals surface area contributed by atoms with Crippen molar-refractivity contribution in [1.29, 1.82) is 0 Å². The van der Waals surface area contributed by atoms with Crippen LogP contribution in [0.2, 0.25) is 0 Å². The Balaban J connectivity index is 2.63. The van der Waals surface area contributed by atoms with Crippen molar-refractivity contribution < 1.29 is 0 Å². The summed E-state index contributed by atoms with van der Waals surface area (Å²) in [5.74, 6) is 0. The molecule has 0 aliphatic heterocycles. The molecule has 3 rings (SSSR count). The van der Waals surface area contributed by atoms with Crippen LogP contribution in [0.3, 0.4) is 0 Å². The quantitative estimate of drug-likeness (QED) is 0.413. The summed E-state index contributed by atoms with van der Waals surface area (Å²) in [6.45, 7) is 0. The van der Waals surface area contributed by atoms with Gasteiger partial charge in [-0.15, -0.1) is 0 Å². The molecule has 3 aliphatic carbocycles. The lowest BCUT2D eigenvalue weighted by molar-refractivity contribution is 1.09. The van der Waals surface area contributed by atoms with Crippen molar-refractivity contribution in [3.05, 3.63) is 23.3 Å². The first-order chi connectivity index (χ1) is 2.95. The predicted molar refractivity (Wildman–Crippen MR) is 25.4 cm³/mol. The van der Waals surface area contributed by atoms with Gasteiger partial charge in [0.1, 0.15) is 0 Å². The average molecular weight is 78.1 g/mol. The summed E-state index contributed by atoms with van der Waals surface area (Å²) < 4.78 is 0. The lowest BCUT2D eigenvalue weighted by Gasteiger charge is -2.04. The van der Waals surface area contributed by atoms with Crippen LogP contribution in [0.5, 0.6) is 0 Å². The van der Waals surface area contributed by atoms with E-state index in [-0.39, 0.29) is 0 Å². The topological polar surface area (TPSA) is 0 Å². The van der Waals surface area contributed by atoms with E-state index in [0.717, 1.165) is 0 Å². The van der Waals surface area contributed by atoms with Crippen LogP contribution in [0.1, 0.15) is 12.8 Å². The van der Waals surface area contributed by atoms with Gasteiger partial charge in [-0.05, 0) is 18.4 Å². The van der Waals surface area contributed by atoms with Gasteiger partial charge in [0, 0.05) is 0 Å². The van der Waals surface area contributed by atoms with Gasteiger partial charge in [0.2, 0.25) is 0 Å². The molecule has 0 aromatic carbocycles. The Morgan fingerprint density at radius 1 is 1.50 bits per heavy atom. The second kappa shape index (κ2) is 0.604. The molecule has 0 aromatic rings. The fourth-order valence-corrected chi connectivity index (χ4v) is 1.02. The summed E-state index contributed by atoms with van der Waals surface area (Å²) in [5.41, 5.74) is 3.19. The highest BCUT2D eigenvalue weighted by Crippen LogP contribution is 2.35. The second-order valence-electron chi connectivity index (χ2n) is 1.96. The molecule has 0 radical (unpaired) electrons. The molecular formula is C6H6. The molecule has 0 heterocycles. The van der Waals surface area contributed by atoms with Crippen molar-refractivity contribution in [1.82, 2.24) is 0 Å². The van der Waals surface area contributed by atoms with E-state index < -0.39 is 0 Å². The average Bonchev–Trinajstić information content (AvgIpc) is 1.72. The smallest absolute Gasteiger partial charge is 0.00638 e. The van der Waals surface area contributed by atoms with Crippen molar-refractivity contribution in [3.63, 3.8) is 0 Å². The molecule has 0 fully saturated rings. The van der Waals surface area contributed by atoms with Crippen molar-refractivity contribution in [2.75, 3.05) is 0 Å². The molecule has 0 heteroatoms. The molecule has 0 nitrogen and oxygen atoms in total. The van der Waals surface area contributed by atoms with Crippen LogP contribution in [0.15, 0.2) is 23.3 Å². The predicted octanol–water partition coefficient (Wildman–Crippen LogP) is 1.65. The van der Waals surface area contributed by atoms with Gasteiger partial charge in [-0.1, -0.05) is 17.7 Å². The number of allylic oxidation sites excluding steroid dienone is 4. The molecule has 0 amide bonds. The van der Waals surface area contributed by atoms with Gasteiger partial charge >= 0.3 is 0 Å². The largest absolute Gasteiger partial charge is 0.0769 e. The summed E-state index contributed by atoms with van der Waals surface area (Å²) in [7, 11) is 0. The highest BCUT2D eigenvalue weighted by Gasteiger charge is 2.15. The van der Waals surface area contributed by atoms with Gasteiger partial charge in [0.25, 0.3) is 0 Å². The number of rotatable bonds is 0. The van der Waals surface area contributed by atoms with E-state index in [1.807, 2.05) is 0 Å². The normalized spacial score (nSPS) is 25.3. The van der Waals surface area contributed by atoms with Gasteiger partial charge in [-0.3, -0.25) is 0 Å². The minimum absolute atomic E-state index is 1.26. The zero-order valence-electron chi connectivity index (χ0n) is 3.57. The minimum Gasteiger partial charge on any atom is -0.0769 e. The Morgan fingerprint density at radius 3 is 2.50 bits per heavy atom. The summed E-state index contributed by atoms with van der Waals surface area (Å²) in [6, 6.07) is 0. The zero-order chi connectivity index (χ0) is 3.98. The molecular weight excluding hydrogens is 72.1 g/mol. The Morgan fingerprint density at radius 2 is 2.33 bits per heavy atom. The van der Waals surface area contributed by atoms with Crippen LogP contribution in [-0.2, 0) is 0 Å². The molecule has 0 N–H and O–H groups in total. The molecule has 30 valence electrons. The van der Waals surface area contributed by atoms with Crippen LogP contribution in [0.25, 0.3) is 0 Å². The molecule has 0 aromatic heterocycles. The van der Waals surface area contributed by atoms with Gasteiger partial charge < -0.3 is 0 Å². The highest BCUT2D eigenvalue weighted by molar-refractivity contribution is 5.46. The molecule has 0 saturated carbocycles. The monoisotopic (exact) mass is 78.0 g/mol. The van der Waals surface area contributed by atoms with E-state index in [0.29, 0.717) is 0 Å². The fourth-order valence-electron chi connectivity index (χ4n) is 1.02. The van der Waals surface area contributed by atoms with Crippen molar-refractivity contribution in [2.45, 2.75) is 12.8 Å². The van der Waals surface area contributed by atoms with E-state index in [2.05, 4.69) is 12.2 Å². The zero-order valence-corrected chi connectivity index (χ0v) is 3.57. The second-order valence-corrected chi connectivity index (χ2v) is 1.96. The van der Waals surface area contributed by atoms with Crippen LogP contribution in [-0.4, -0.2) is 0 Å². The van der Waals surface area contributed by atoms with Crippen molar-refractivity contribution in [2.24, 2.45) is 0 Å². The Hall–Kier alpha value is -0.520. The molecule has 0 spiro atoms. The molecule has 3 aliphatic rings. The third-order valence-electron chi connectivity index (χ3n) is 1.45. The van der Waals surface area contributed by atoms with Crippen LogP contribution >= 0.6 is 0 Å². The Bertz CT molecular complexity index is 134. The lowest BCUT2D eigenvalue weighted by Crippen LogP contribution is -1.84. The standard InChI is InChI=1S/C6H6/c1-2-6-3-5(1)4-6/h1,3H,2,4H2. The summed E-state index contributed by atoms with van der Waals surface area (Å²) >= 11 is 0. The molecule has 0 atom stereocenters. The van der Waals surface area contributed by atoms with E-state index in [9.17, 15) is 0 Å². The molecule has 0 unspecified atom stereocenters. The number of hydrogen-bond acceptors (Lipinski definition) is 0. The van der Waals surface area contributed by atoms with Crippen LogP contribution < -0.4 is 0 Å². The van der Waals surface area contributed by atoms with E-state index in [1.54, 1.807) is 11.1 Å². The first kappa shape index (κ1) is 2.62. The SMILES string of the molecule is C1=C2C=C(C1)C2. The summed E-state index contributed by atoms with van der Waals surface area (Å²) in [5, 5.41) is 0. The van der Waals surface area contributed by atoms with E-state index in [1.165, 1.54) is 12.8 Å². The first-order valence-corrected chi connectivity index (χ1v) is 2.33. The number of fused-ring (bicyclic) bond motifs is 1. The third kappa shape index (κ3) is 0.137. The summed E-state index contributed by atoms with van der Waals surface area (Å²) in [4.78, 5) is 0. The minimum atomic E-state index is 1.26. The van der Waals surface area contributed by atoms with Gasteiger partial charge in [0.05, 0.1) is 0 Å².